The van der Waals surface area contributed by atoms with E-state index >= 15 is 0 Å². The van der Waals surface area contributed by atoms with Gasteiger partial charge in [-0.15, -0.1) is 5.10 Å². The van der Waals surface area contributed by atoms with Gasteiger partial charge in [0.25, 0.3) is 5.91 Å². The highest BCUT2D eigenvalue weighted by Crippen LogP contribution is 2.32. The molecule has 1 unspecified atom stereocenters. The standard InChI is InChI=1S/C16H23N5O4/c1-19-11-17-14(18-19)15(23)20-4-5-24-10-16(8-20)9-21(6-12-2-3-12)13(22)7-25-16/h11-12H,2-10H2,1H3. The minimum absolute atomic E-state index is 0.0195. The van der Waals surface area contributed by atoms with Crippen LogP contribution in [0.25, 0.3) is 0 Å². The molecule has 0 radical (unpaired) electrons. The van der Waals surface area contributed by atoms with Crippen molar-refractivity contribution in [3.05, 3.63) is 12.2 Å². The molecule has 2 saturated heterocycles. The van der Waals surface area contributed by atoms with Gasteiger partial charge in [-0.3, -0.25) is 14.3 Å². The maximum Gasteiger partial charge on any atom is 0.293 e. The Morgan fingerprint density at radius 1 is 1.40 bits per heavy atom. The number of rotatable bonds is 3. The van der Waals surface area contributed by atoms with Gasteiger partial charge in [0, 0.05) is 20.1 Å². The number of ether oxygens (including phenoxy) is 2. The smallest absolute Gasteiger partial charge is 0.293 e. The van der Waals surface area contributed by atoms with E-state index in [1.807, 2.05) is 4.90 Å². The van der Waals surface area contributed by atoms with Crippen molar-refractivity contribution in [2.45, 2.75) is 18.4 Å². The number of aryl methyl sites for hydroxylation is 1. The molecule has 9 heteroatoms. The lowest BCUT2D eigenvalue weighted by Gasteiger charge is -2.43. The number of hydrogen-bond donors (Lipinski definition) is 0. The van der Waals surface area contributed by atoms with Gasteiger partial charge in [-0.05, 0) is 18.8 Å². The largest absolute Gasteiger partial charge is 0.376 e. The fourth-order valence-electron chi connectivity index (χ4n) is 3.41. The topological polar surface area (TPSA) is 89.8 Å². The van der Waals surface area contributed by atoms with Crippen molar-refractivity contribution in [2.24, 2.45) is 13.0 Å². The lowest BCUT2D eigenvalue weighted by atomic mass is 10.0. The minimum atomic E-state index is -0.677. The van der Waals surface area contributed by atoms with E-state index in [4.69, 9.17) is 9.47 Å². The first-order valence-corrected chi connectivity index (χ1v) is 8.69. The predicted molar refractivity (Wildman–Crippen MR) is 85.7 cm³/mol. The van der Waals surface area contributed by atoms with Crippen LogP contribution < -0.4 is 0 Å². The molecule has 0 aromatic carbocycles. The summed E-state index contributed by atoms with van der Waals surface area (Å²) in [7, 11) is 1.72. The molecule has 1 aromatic heterocycles. The third kappa shape index (κ3) is 3.52. The number of nitrogens with zero attached hydrogens (tertiary/aromatic N) is 5. The van der Waals surface area contributed by atoms with Gasteiger partial charge in [-0.1, -0.05) is 0 Å². The average molecular weight is 349 g/mol. The molecule has 3 heterocycles. The first-order chi connectivity index (χ1) is 12.0. The monoisotopic (exact) mass is 349 g/mol. The normalized spacial score (nSPS) is 27.6. The summed E-state index contributed by atoms with van der Waals surface area (Å²) in [4.78, 5) is 32.5. The predicted octanol–water partition coefficient (Wildman–Crippen LogP) is -0.705. The van der Waals surface area contributed by atoms with Crippen molar-refractivity contribution >= 4 is 11.8 Å². The first-order valence-electron chi connectivity index (χ1n) is 8.69. The molecule has 9 nitrogen and oxygen atoms in total. The van der Waals surface area contributed by atoms with E-state index in [9.17, 15) is 9.59 Å². The van der Waals surface area contributed by atoms with Gasteiger partial charge >= 0.3 is 0 Å². The molecule has 1 atom stereocenters. The number of morpholine rings is 1. The van der Waals surface area contributed by atoms with Gasteiger partial charge in [-0.2, -0.15) is 0 Å². The van der Waals surface area contributed by atoms with Crippen LogP contribution in [-0.2, 0) is 21.3 Å². The summed E-state index contributed by atoms with van der Waals surface area (Å²) in [6, 6.07) is 0. The van der Waals surface area contributed by atoms with E-state index in [1.165, 1.54) is 23.9 Å². The van der Waals surface area contributed by atoms with Crippen LogP contribution in [0.2, 0.25) is 0 Å². The zero-order valence-electron chi connectivity index (χ0n) is 14.4. The maximum atomic E-state index is 12.7. The van der Waals surface area contributed by atoms with Gasteiger partial charge in [-0.25, -0.2) is 4.98 Å². The lowest BCUT2D eigenvalue weighted by Crippen LogP contribution is -2.61. The average Bonchev–Trinajstić information content (AvgIpc) is 3.34. The summed E-state index contributed by atoms with van der Waals surface area (Å²) >= 11 is 0. The van der Waals surface area contributed by atoms with Gasteiger partial charge < -0.3 is 19.3 Å². The van der Waals surface area contributed by atoms with Crippen LogP contribution in [0, 0.1) is 5.92 Å². The summed E-state index contributed by atoms with van der Waals surface area (Å²) in [5, 5.41) is 4.09. The summed E-state index contributed by atoms with van der Waals surface area (Å²) in [5.74, 6) is 0.563. The number of carbonyl (C=O) groups excluding carboxylic acids is 2. The number of hydrogen-bond acceptors (Lipinski definition) is 6. The quantitative estimate of drug-likeness (QED) is 0.717. The van der Waals surface area contributed by atoms with Gasteiger partial charge in [0.15, 0.2) is 0 Å². The van der Waals surface area contributed by atoms with Crippen LogP contribution in [0.1, 0.15) is 23.5 Å². The Bertz CT molecular complexity index is 673. The van der Waals surface area contributed by atoms with Crippen LogP contribution in [0.5, 0.6) is 0 Å². The Labute approximate surface area is 145 Å². The molecule has 25 heavy (non-hydrogen) atoms. The molecule has 2 amide bonds. The highest BCUT2D eigenvalue weighted by atomic mass is 16.6. The van der Waals surface area contributed by atoms with E-state index in [2.05, 4.69) is 10.1 Å². The van der Waals surface area contributed by atoms with Crippen LogP contribution in [0.4, 0.5) is 0 Å². The van der Waals surface area contributed by atoms with Gasteiger partial charge in [0.2, 0.25) is 11.7 Å². The van der Waals surface area contributed by atoms with E-state index < -0.39 is 5.60 Å². The highest BCUT2D eigenvalue weighted by Gasteiger charge is 2.45. The zero-order chi connectivity index (χ0) is 17.4. The molecule has 1 spiro atoms. The fraction of sp³-hybridized carbons (Fsp3) is 0.750. The first kappa shape index (κ1) is 16.5. The van der Waals surface area contributed by atoms with E-state index in [0.717, 1.165) is 6.54 Å². The summed E-state index contributed by atoms with van der Waals surface area (Å²) in [6.07, 6.45) is 3.87. The Morgan fingerprint density at radius 3 is 2.96 bits per heavy atom. The summed E-state index contributed by atoms with van der Waals surface area (Å²) in [5.41, 5.74) is -0.677. The molecule has 0 bridgehead atoms. The van der Waals surface area contributed by atoms with Crippen LogP contribution >= 0.6 is 0 Å². The van der Waals surface area contributed by atoms with Crippen LogP contribution in [0.3, 0.4) is 0 Å². The summed E-state index contributed by atoms with van der Waals surface area (Å²) < 4.78 is 13.1. The van der Waals surface area contributed by atoms with Crippen molar-refractivity contribution in [2.75, 3.05) is 46.0 Å². The molecule has 3 fully saturated rings. The Hall–Kier alpha value is -2.00. The van der Waals surface area contributed by atoms with Crippen molar-refractivity contribution in [1.29, 1.82) is 0 Å². The van der Waals surface area contributed by atoms with Crippen molar-refractivity contribution < 1.29 is 19.1 Å². The fourth-order valence-corrected chi connectivity index (χ4v) is 3.41. The number of amides is 2. The third-order valence-electron chi connectivity index (χ3n) is 4.94. The molecule has 2 aliphatic heterocycles. The number of carbonyl (C=O) groups is 2. The van der Waals surface area contributed by atoms with Crippen molar-refractivity contribution in [3.8, 4) is 0 Å². The van der Waals surface area contributed by atoms with E-state index in [1.54, 1.807) is 11.9 Å². The maximum absolute atomic E-state index is 12.7. The van der Waals surface area contributed by atoms with Crippen molar-refractivity contribution in [3.63, 3.8) is 0 Å². The molecular weight excluding hydrogens is 326 g/mol. The molecule has 1 saturated carbocycles. The van der Waals surface area contributed by atoms with Gasteiger partial charge in [0.1, 0.15) is 18.5 Å². The molecule has 1 aliphatic carbocycles. The number of aromatic nitrogens is 3. The Morgan fingerprint density at radius 2 is 2.24 bits per heavy atom. The third-order valence-corrected chi connectivity index (χ3v) is 4.94. The SMILES string of the molecule is Cn1cnc(C(=O)N2CCOCC3(CN(CC4CC4)C(=O)CO3)C2)n1. The molecule has 1 aromatic rings. The van der Waals surface area contributed by atoms with Crippen LogP contribution in [-0.4, -0.2) is 88.0 Å². The Balaban J connectivity index is 1.50. The minimum Gasteiger partial charge on any atom is -0.376 e. The second-order valence-electron chi connectivity index (χ2n) is 7.21. The second kappa shape index (κ2) is 6.38. The van der Waals surface area contributed by atoms with Crippen molar-refractivity contribution in [1.82, 2.24) is 24.6 Å². The van der Waals surface area contributed by atoms with Crippen LogP contribution in [0.15, 0.2) is 6.33 Å². The zero-order valence-corrected chi connectivity index (χ0v) is 14.4. The molecule has 136 valence electrons. The second-order valence-corrected chi connectivity index (χ2v) is 7.21. The Kier molecular flexibility index (Phi) is 4.20. The molecule has 0 N–H and O–H groups in total. The lowest BCUT2D eigenvalue weighted by molar-refractivity contribution is -0.172. The van der Waals surface area contributed by atoms with E-state index in [-0.39, 0.29) is 24.2 Å². The summed E-state index contributed by atoms with van der Waals surface area (Å²) in [6.45, 7) is 2.92. The highest BCUT2D eigenvalue weighted by molar-refractivity contribution is 5.90. The molecular formula is C16H23N5O4. The van der Waals surface area contributed by atoms with E-state index in [0.29, 0.717) is 38.8 Å². The van der Waals surface area contributed by atoms with Gasteiger partial charge in [0.05, 0.1) is 26.3 Å². The molecule has 3 aliphatic rings. The molecule has 4 rings (SSSR count).